The average Bonchev–Trinajstić information content (AvgIpc) is 2.64. The third-order valence-corrected chi connectivity index (χ3v) is 4.41. The van der Waals surface area contributed by atoms with E-state index in [1.54, 1.807) is 30.3 Å². The summed E-state index contributed by atoms with van der Waals surface area (Å²) in [5, 5.41) is 7.91. The first-order valence-corrected chi connectivity index (χ1v) is 9.01. The van der Waals surface area contributed by atoms with Crippen molar-refractivity contribution >= 4 is 23.2 Å². The molecule has 5 nitrogen and oxygen atoms in total. The van der Waals surface area contributed by atoms with E-state index in [9.17, 15) is 9.59 Å². The van der Waals surface area contributed by atoms with Crippen LogP contribution in [-0.4, -0.2) is 15.7 Å². The van der Waals surface area contributed by atoms with Gasteiger partial charge in [-0.3, -0.25) is 9.59 Å². The fraction of sp³-hybridized carbons (Fsp3) is 0.190. The van der Waals surface area contributed by atoms with Crippen LogP contribution in [0, 0.1) is 12.8 Å². The number of nitrogens with one attached hydrogen (secondary N) is 1. The molecule has 0 aliphatic rings. The lowest BCUT2D eigenvalue weighted by atomic mass is 10.0. The number of halogens is 1. The number of carbonyl (C=O) groups is 1. The van der Waals surface area contributed by atoms with E-state index in [1.165, 1.54) is 4.68 Å². The molecule has 1 heterocycles. The summed E-state index contributed by atoms with van der Waals surface area (Å²) in [6.07, 6.45) is 0. The van der Waals surface area contributed by atoms with Gasteiger partial charge in [0.1, 0.15) is 0 Å². The second-order valence-corrected chi connectivity index (χ2v) is 7.03. The molecule has 6 heteroatoms. The molecule has 3 rings (SSSR count). The largest absolute Gasteiger partial charge is 0.326 e. The van der Waals surface area contributed by atoms with Crippen molar-refractivity contribution in [2.24, 2.45) is 5.92 Å². The van der Waals surface area contributed by atoms with Gasteiger partial charge in [0.2, 0.25) is 5.91 Å². The fourth-order valence-corrected chi connectivity index (χ4v) is 2.78. The summed E-state index contributed by atoms with van der Waals surface area (Å²) in [6, 6.07) is 15.9. The zero-order chi connectivity index (χ0) is 19.6. The van der Waals surface area contributed by atoms with Crippen LogP contribution in [0.3, 0.4) is 0 Å². The molecular formula is C21H20ClN3O2. The number of aryl methyl sites for hydroxylation is 1. The highest BCUT2D eigenvalue weighted by Crippen LogP contribution is 2.24. The minimum absolute atomic E-state index is 0.0554. The lowest BCUT2D eigenvalue weighted by Gasteiger charge is -2.12. The van der Waals surface area contributed by atoms with Gasteiger partial charge in [-0.1, -0.05) is 37.6 Å². The van der Waals surface area contributed by atoms with Gasteiger partial charge in [0, 0.05) is 28.3 Å². The highest BCUT2D eigenvalue weighted by Gasteiger charge is 2.11. The predicted molar refractivity (Wildman–Crippen MR) is 108 cm³/mol. The van der Waals surface area contributed by atoms with Crippen molar-refractivity contribution in [3.63, 3.8) is 0 Å². The van der Waals surface area contributed by atoms with Crippen LogP contribution in [0.25, 0.3) is 16.8 Å². The number of rotatable bonds is 4. The second kappa shape index (κ2) is 7.76. The quantitative estimate of drug-likeness (QED) is 0.725. The van der Waals surface area contributed by atoms with Crippen molar-refractivity contribution in [3.05, 3.63) is 75.7 Å². The smallest absolute Gasteiger partial charge is 0.272 e. The van der Waals surface area contributed by atoms with Gasteiger partial charge in [-0.25, -0.2) is 0 Å². The number of nitrogens with zero attached hydrogens (tertiary/aromatic N) is 2. The van der Waals surface area contributed by atoms with Crippen LogP contribution >= 0.6 is 11.6 Å². The number of hydrogen-bond acceptors (Lipinski definition) is 3. The van der Waals surface area contributed by atoms with E-state index in [2.05, 4.69) is 10.4 Å². The predicted octanol–water partition coefficient (Wildman–Crippen LogP) is 4.46. The lowest BCUT2D eigenvalue weighted by molar-refractivity contribution is -0.118. The molecule has 27 heavy (non-hydrogen) atoms. The molecule has 0 spiro atoms. The SMILES string of the molecule is Cc1nn(-c2ccc(Cl)cc2)c(=O)cc1-c1cccc(NC(=O)C(C)C)c1. The van der Waals surface area contributed by atoms with Gasteiger partial charge in [-0.2, -0.15) is 9.78 Å². The summed E-state index contributed by atoms with van der Waals surface area (Å²) in [4.78, 5) is 24.5. The van der Waals surface area contributed by atoms with Crippen LogP contribution < -0.4 is 10.9 Å². The number of aromatic nitrogens is 2. The van der Waals surface area contributed by atoms with Crippen LogP contribution in [-0.2, 0) is 4.79 Å². The summed E-state index contributed by atoms with van der Waals surface area (Å²) in [5.41, 5.74) is 3.35. The molecule has 1 amide bonds. The van der Waals surface area contributed by atoms with E-state index >= 15 is 0 Å². The molecule has 0 unspecified atom stereocenters. The monoisotopic (exact) mass is 381 g/mol. The maximum atomic E-state index is 12.6. The molecule has 0 atom stereocenters. The topological polar surface area (TPSA) is 64.0 Å². The second-order valence-electron chi connectivity index (χ2n) is 6.59. The standard InChI is InChI=1S/C21H20ClN3O2/c1-13(2)21(27)23-17-6-4-5-15(11-17)19-12-20(26)25(24-14(19)3)18-9-7-16(22)8-10-18/h4-13H,1-3H3,(H,23,27). The lowest BCUT2D eigenvalue weighted by Crippen LogP contribution is -2.21. The van der Waals surface area contributed by atoms with Gasteiger partial charge >= 0.3 is 0 Å². The van der Waals surface area contributed by atoms with Gasteiger partial charge < -0.3 is 5.32 Å². The van der Waals surface area contributed by atoms with Gasteiger partial charge in [0.05, 0.1) is 11.4 Å². The van der Waals surface area contributed by atoms with Crippen molar-refractivity contribution < 1.29 is 4.79 Å². The first-order valence-electron chi connectivity index (χ1n) is 8.63. The Kier molecular flexibility index (Phi) is 5.42. The molecule has 0 saturated carbocycles. The number of hydrogen-bond donors (Lipinski definition) is 1. The number of carbonyl (C=O) groups excluding carboxylic acids is 1. The molecule has 0 bridgehead atoms. The molecule has 0 fully saturated rings. The molecule has 0 radical (unpaired) electrons. The number of amides is 1. The van der Waals surface area contributed by atoms with Gasteiger partial charge in [-0.05, 0) is 48.9 Å². The van der Waals surface area contributed by atoms with Crippen LogP contribution in [0.1, 0.15) is 19.5 Å². The molecule has 0 saturated heterocycles. The normalized spacial score (nSPS) is 10.9. The maximum absolute atomic E-state index is 12.6. The summed E-state index contributed by atoms with van der Waals surface area (Å²) in [7, 11) is 0. The zero-order valence-corrected chi connectivity index (χ0v) is 16.1. The Labute approximate surface area is 162 Å². The number of anilines is 1. The molecule has 0 aliphatic heterocycles. The first kappa shape index (κ1) is 18.9. The Morgan fingerprint density at radius 2 is 1.81 bits per heavy atom. The highest BCUT2D eigenvalue weighted by molar-refractivity contribution is 6.30. The minimum Gasteiger partial charge on any atom is -0.326 e. The van der Waals surface area contributed by atoms with Crippen molar-refractivity contribution in [2.75, 3.05) is 5.32 Å². The summed E-state index contributed by atoms with van der Waals surface area (Å²) in [6.45, 7) is 5.52. The van der Waals surface area contributed by atoms with Crippen LogP contribution in [0.4, 0.5) is 5.69 Å². The van der Waals surface area contributed by atoms with E-state index in [0.717, 1.165) is 11.1 Å². The highest BCUT2D eigenvalue weighted by atomic mass is 35.5. The zero-order valence-electron chi connectivity index (χ0n) is 15.4. The van der Waals surface area contributed by atoms with Crippen LogP contribution in [0.2, 0.25) is 5.02 Å². The molecule has 3 aromatic rings. The Morgan fingerprint density at radius 3 is 2.48 bits per heavy atom. The van der Waals surface area contributed by atoms with E-state index < -0.39 is 0 Å². The van der Waals surface area contributed by atoms with Gasteiger partial charge in [-0.15, -0.1) is 0 Å². The van der Waals surface area contributed by atoms with Crippen LogP contribution in [0.5, 0.6) is 0 Å². The van der Waals surface area contributed by atoms with E-state index in [1.807, 2.05) is 45.0 Å². The molecule has 1 N–H and O–H groups in total. The maximum Gasteiger partial charge on any atom is 0.272 e. The molecule has 138 valence electrons. The summed E-state index contributed by atoms with van der Waals surface area (Å²) in [5.74, 6) is -0.166. The fourth-order valence-electron chi connectivity index (χ4n) is 2.65. The van der Waals surface area contributed by atoms with Gasteiger partial charge in [0.15, 0.2) is 0 Å². The van der Waals surface area contributed by atoms with E-state index in [0.29, 0.717) is 22.1 Å². The molecule has 2 aromatic carbocycles. The third-order valence-electron chi connectivity index (χ3n) is 4.15. The Bertz CT molecular complexity index is 1040. The first-order chi connectivity index (χ1) is 12.8. The molecule has 1 aromatic heterocycles. The Hall–Kier alpha value is -2.92. The summed E-state index contributed by atoms with van der Waals surface area (Å²) < 4.78 is 1.35. The van der Waals surface area contributed by atoms with Crippen molar-refractivity contribution in [2.45, 2.75) is 20.8 Å². The van der Waals surface area contributed by atoms with E-state index in [-0.39, 0.29) is 17.4 Å². The number of benzene rings is 2. The molecular weight excluding hydrogens is 362 g/mol. The van der Waals surface area contributed by atoms with Crippen molar-refractivity contribution in [3.8, 4) is 16.8 Å². The Balaban J connectivity index is 1.98. The van der Waals surface area contributed by atoms with E-state index in [4.69, 9.17) is 11.6 Å². The molecule has 0 aliphatic carbocycles. The van der Waals surface area contributed by atoms with Crippen molar-refractivity contribution in [1.82, 2.24) is 9.78 Å². The van der Waals surface area contributed by atoms with Crippen molar-refractivity contribution in [1.29, 1.82) is 0 Å². The third kappa shape index (κ3) is 4.26. The van der Waals surface area contributed by atoms with Crippen LogP contribution in [0.15, 0.2) is 59.4 Å². The summed E-state index contributed by atoms with van der Waals surface area (Å²) >= 11 is 5.91. The minimum atomic E-state index is -0.241. The Morgan fingerprint density at radius 1 is 1.11 bits per heavy atom. The van der Waals surface area contributed by atoms with Gasteiger partial charge in [0.25, 0.3) is 5.56 Å². The average molecular weight is 382 g/mol.